The van der Waals surface area contributed by atoms with Crippen LogP contribution in [0.1, 0.15) is 45.7 Å². The molecule has 0 bridgehead atoms. The number of ether oxygens (including phenoxy) is 2. The van der Waals surface area contributed by atoms with E-state index in [1.54, 1.807) is 13.3 Å². The standard InChI is InChI=1S/C16H26N2O2/c1-15(2)10-12(16(3,4)20-15)13(17-5)11-8-7-9-18-14(11)19-6/h7-9,12-13,17H,10H2,1-6H3. The van der Waals surface area contributed by atoms with Gasteiger partial charge in [-0.05, 0) is 47.2 Å². The molecule has 4 nitrogen and oxygen atoms in total. The van der Waals surface area contributed by atoms with E-state index < -0.39 is 0 Å². The van der Waals surface area contributed by atoms with Gasteiger partial charge in [-0.3, -0.25) is 0 Å². The fourth-order valence-corrected chi connectivity index (χ4v) is 3.51. The first-order valence-electron chi connectivity index (χ1n) is 7.17. The van der Waals surface area contributed by atoms with Gasteiger partial charge in [0.05, 0.1) is 18.3 Å². The van der Waals surface area contributed by atoms with E-state index in [2.05, 4.69) is 44.1 Å². The highest BCUT2D eigenvalue weighted by molar-refractivity contribution is 5.30. The van der Waals surface area contributed by atoms with Crippen LogP contribution in [0.2, 0.25) is 0 Å². The van der Waals surface area contributed by atoms with E-state index in [-0.39, 0.29) is 17.2 Å². The predicted octanol–water partition coefficient (Wildman–Crippen LogP) is 2.94. The van der Waals surface area contributed by atoms with Gasteiger partial charge in [-0.2, -0.15) is 0 Å². The molecule has 20 heavy (non-hydrogen) atoms. The quantitative estimate of drug-likeness (QED) is 0.919. The Balaban J connectivity index is 2.38. The number of nitrogens with one attached hydrogen (secondary N) is 1. The Hall–Kier alpha value is -1.13. The highest BCUT2D eigenvalue weighted by atomic mass is 16.5. The molecule has 2 rings (SSSR count). The fourth-order valence-electron chi connectivity index (χ4n) is 3.51. The molecule has 0 aliphatic carbocycles. The molecule has 0 spiro atoms. The number of methoxy groups -OCH3 is 1. The van der Waals surface area contributed by atoms with Crippen molar-refractivity contribution in [3.8, 4) is 5.88 Å². The molecule has 0 radical (unpaired) electrons. The van der Waals surface area contributed by atoms with Crippen LogP contribution in [-0.4, -0.2) is 30.3 Å². The van der Waals surface area contributed by atoms with Crippen molar-refractivity contribution >= 4 is 0 Å². The summed E-state index contributed by atoms with van der Waals surface area (Å²) in [7, 11) is 3.65. The second-order valence-electron chi connectivity index (χ2n) is 6.64. The first-order valence-corrected chi connectivity index (χ1v) is 7.17. The fraction of sp³-hybridized carbons (Fsp3) is 0.688. The van der Waals surface area contributed by atoms with Gasteiger partial charge >= 0.3 is 0 Å². The lowest BCUT2D eigenvalue weighted by Crippen LogP contribution is -2.37. The molecule has 1 fully saturated rings. The third-order valence-electron chi connectivity index (χ3n) is 4.19. The van der Waals surface area contributed by atoms with Crippen molar-refractivity contribution < 1.29 is 9.47 Å². The predicted molar refractivity (Wildman–Crippen MR) is 79.9 cm³/mol. The van der Waals surface area contributed by atoms with Crippen LogP contribution in [-0.2, 0) is 4.74 Å². The largest absolute Gasteiger partial charge is 0.481 e. The Bertz CT molecular complexity index is 471. The Morgan fingerprint density at radius 3 is 2.60 bits per heavy atom. The minimum atomic E-state index is -0.183. The number of nitrogens with zero attached hydrogens (tertiary/aromatic N) is 1. The number of aromatic nitrogens is 1. The van der Waals surface area contributed by atoms with Crippen molar-refractivity contribution in [2.45, 2.75) is 51.4 Å². The maximum Gasteiger partial charge on any atom is 0.217 e. The highest BCUT2D eigenvalue weighted by Gasteiger charge is 2.49. The minimum Gasteiger partial charge on any atom is -0.481 e. The van der Waals surface area contributed by atoms with E-state index in [0.29, 0.717) is 11.8 Å². The Morgan fingerprint density at radius 2 is 2.10 bits per heavy atom. The highest BCUT2D eigenvalue weighted by Crippen LogP contribution is 2.48. The van der Waals surface area contributed by atoms with Crippen molar-refractivity contribution in [3.63, 3.8) is 0 Å². The van der Waals surface area contributed by atoms with Crippen LogP contribution in [0.3, 0.4) is 0 Å². The van der Waals surface area contributed by atoms with Crippen molar-refractivity contribution in [2.24, 2.45) is 5.92 Å². The molecule has 1 saturated heterocycles. The molecule has 2 unspecified atom stereocenters. The molecule has 0 amide bonds. The maximum atomic E-state index is 6.23. The van der Waals surface area contributed by atoms with Crippen LogP contribution >= 0.6 is 0 Å². The zero-order valence-corrected chi connectivity index (χ0v) is 13.4. The summed E-state index contributed by atoms with van der Waals surface area (Å²) in [5, 5.41) is 3.43. The van der Waals surface area contributed by atoms with E-state index in [1.807, 2.05) is 13.1 Å². The van der Waals surface area contributed by atoms with Gasteiger partial charge in [-0.25, -0.2) is 4.98 Å². The van der Waals surface area contributed by atoms with Crippen molar-refractivity contribution in [1.82, 2.24) is 10.3 Å². The van der Waals surface area contributed by atoms with E-state index in [4.69, 9.17) is 9.47 Å². The molecule has 1 aromatic rings. The zero-order chi connectivity index (χ0) is 15.0. The van der Waals surface area contributed by atoms with Crippen LogP contribution in [0, 0.1) is 5.92 Å². The summed E-state index contributed by atoms with van der Waals surface area (Å²) in [6.07, 6.45) is 2.76. The second-order valence-corrected chi connectivity index (χ2v) is 6.64. The molecule has 0 saturated carbocycles. The summed E-state index contributed by atoms with van der Waals surface area (Å²) in [6.45, 7) is 8.64. The molecular weight excluding hydrogens is 252 g/mol. The SMILES string of the molecule is CNC(c1cccnc1OC)C1CC(C)(C)OC1(C)C. The van der Waals surface area contributed by atoms with Gasteiger partial charge in [0.1, 0.15) is 0 Å². The molecule has 1 aromatic heterocycles. The average molecular weight is 278 g/mol. The lowest BCUT2D eigenvalue weighted by atomic mass is 9.79. The molecule has 1 aliphatic rings. The smallest absolute Gasteiger partial charge is 0.217 e. The maximum absolute atomic E-state index is 6.23. The van der Waals surface area contributed by atoms with Gasteiger partial charge < -0.3 is 14.8 Å². The van der Waals surface area contributed by atoms with E-state index in [9.17, 15) is 0 Å². The number of rotatable bonds is 4. The normalized spacial score (nSPS) is 25.4. The topological polar surface area (TPSA) is 43.4 Å². The van der Waals surface area contributed by atoms with Crippen LogP contribution < -0.4 is 10.1 Å². The van der Waals surface area contributed by atoms with Crippen molar-refractivity contribution in [1.29, 1.82) is 0 Å². The third-order valence-corrected chi connectivity index (χ3v) is 4.19. The molecule has 2 atom stereocenters. The van der Waals surface area contributed by atoms with E-state index in [0.717, 1.165) is 12.0 Å². The Morgan fingerprint density at radius 1 is 1.40 bits per heavy atom. The van der Waals surface area contributed by atoms with Crippen LogP contribution in [0.5, 0.6) is 5.88 Å². The van der Waals surface area contributed by atoms with Crippen LogP contribution in [0.15, 0.2) is 18.3 Å². The summed E-state index contributed by atoms with van der Waals surface area (Å²) < 4.78 is 11.6. The average Bonchev–Trinajstić information content (AvgIpc) is 2.59. The summed E-state index contributed by atoms with van der Waals surface area (Å²) in [6, 6.07) is 4.19. The first kappa shape index (κ1) is 15.3. The lowest BCUT2D eigenvalue weighted by Gasteiger charge is -2.33. The lowest BCUT2D eigenvalue weighted by molar-refractivity contribution is -0.0777. The van der Waals surface area contributed by atoms with Gasteiger partial charge in [-0.15, -0.1) is 0 Å². The number of hydrogen-bond acceptors (Lipinski definition) is 4. The Labute approximate surface area is 121 Å². The van der Waals surface area contributed by atoms with E-state index in [1.165, 1.54) is 0 Å². The monoisotopic (exact) mass is 278 g/mol. The van der Waals surface area contributed by atoms with E-state index >= 15 is 0 Å². The summed E-state index contributed by atoms with van der Waals surface area (Å²) in [4.78, 5) is 4.32. The van der Waals surface area contributed by atoms with Gasteiger partial charge in [0.2, 0.25) is 5.88 Å². The molecule has 1 N–H and O–H groups in total. The van der Waals surface area contributed by atoms with Crippen molar-refractivity contribution in [3.05, 3.63) is 23.9 Å². The molecule has 4 heteroatoms. The van der Waals surface area contributed by atoms with Crippen LogP contribution in [0.4, 0.5) is 0 Å². The van der Waals surface area contributed by atoms with Gasteiger partial charge in [0.25, 0.3) is 0 Å². The number of hydrogen-bond donors (Lipinski definition) is 1. The first-order chi connectivity index (χ1) is 9.30. The number of pyridine rings is 1. The van der Waals surface area contributed by atoms with Gasteiger partial charge in [-0.1, -0.05) is 6.07 Å². The van der Waals surface area contributed by atoms with Gasteiger partial charge in [0, 0.05) is 23.7 Å². The minimum absolute atomic E-state index is 0.0985. The third kappa shape index (κ3) is 2.81. The van der Waals surface area contributed by atoms with Crippen LogP contribution in [0.25, 0.3) is 0 Å². The summed E-state index contributed by atoms with van der Waals surface area (Å²) >= 11 is 0. The molecule has 0 aromatic carbocycles. The Kier molecular flexibility index (Phi) is 4.07. The molecule has 112 valence electrons. The van der Waals surface area contributed by atoms with Gasteiger partial charge in [0.15, 0.2) is 0 Å². The molecule has 2 heterocycles. The second kappa shape index (κ2) is 5.34. The molecular formula is C16H26N2O2. The summed E-state index contributed by atoms with van der Waals surface area (Å²) in [5.41, 5.74) is 0.813. The molecule has 1 aliphatic heterocycles. The van der Waals surface area contributed by atoms with Crippen molar-refractivity contribution in [2.75, 3.05) is 14.2 Å². The zero-order valence-electron chi connectivity index (χ0n) is 13.4. The summed E-state index contributed by atoms with van der Waals surface area (Å²) in [5.74, 6) is 1.05.